The Morgan fingerprint density at radius 1 is 1.43 bits per heavy atom. The topological polar surface area (TPSA) is 104 Å². The van der Waals surface area contributed by atoms with Crippen LogP contribution in [0.25, 0.3) is 0 Å². The van der Waals surface area contributed by atoms with Crippen LogP contribution in [0.2, 0.25) is 0 Å². The Balaban J connectivity index is 1.59. The number of ether oxygens (including phenoxy) is 1. The number of carbonyl (C=O) groups is 2. The Morgan fingerprint density at radius 2 is 2.23 bits per heavy atom. The molecular formula is C19H22F2N4O4S. The van der Waals surface area contributed by atoms with Crippen molar-refractivity contribution in [3.05, 3.63) is 27.9 Å². The summed E-state index contributed by atoms with van der Waals surface area (Å²) in [6.45, 7) is 1.52. The Kier molecular flexibility index (Phi) is 5.58. The molecule has 3 heterocycles. The second-order valence-electron chi connectivity index (χ2n) is 7.65. The fourth-order valence-electron chi connectivity index (χ4n) is 4.47. The Bertz CT molecular complexity index is 902. The van der Waals surface area contributed by atoms with Crippen LogP contribution in [0, 0.1) is 11.8 Å². The van der Waals surface area contributed by atoms with Gasteiger partial charge in [-0.1, -0.05) is 0 Å². The second-order valence-corrected chi connectivity index (χ2v) is 8.55. The molecule has 0 bridgehead atoms. The van der Waals surface area contributed by atoms with Crippen LogP contribution in [0.4, 0.5) is 8.78 Å². The van der Waals surface area contributed by atoms with Crippen molar-refractivity contribution in [1.82, 2.24) is 15.2 Å². The quantitative estimate of drug-likeness (QED) is 0.650. The average molecular weight is 440 g/mol. The van der Waals surface area contributed by atoms with E-state index in [0.29, 0.717) is 16.5 Å². The van der Waals surface area contributed by atoms with Gasteiger partial charge in [-0.3, -0.25) is 14.7 Å². The fraction of sp³-hybridized carbons (Fsp3) is 0.579. The van der Waals surface area contributed by atoms with Gasteiger partial charge in [-0.25, -0.2) is 18.6 Å². The molecule has 0 radical (unpaired) electrons. The molecule has 1 aromatic heterocycles. The third-order valence-electron chi connectivity index (χ3n) is 5.85. The van der Waals surface area contributed by atoms with Crippen molar-refractivity contribution in [1.29, 1.82) is 0 Å². The first kappa shape index (κ1) is 20.9. The van der Waals surface area contributed by atoms with Gasteiger partial charge in [0.05, 0.1) is 31.2 Å². The van der Waals surface area contributed by atoms with Gasteiger partial charge in [0.15, 0.2) is 10.8 Å². The van der Waals surface area contributed by atoms with E-state index in [9.17, 15) is 23.5 Å². The van der Waals surface area contributed by atoms with Crippen molar-refractivity contribution in [3.8, 4) is 0 Å². The first-order valence-corrected chi connectivity index (χ1v) is 10.6. The number of alkyl halides is 2. The maximum atomic E-state index is 14.6. The first-order chi connectivity index (χ1) is 14.3. The predicted octanol–water partition coefficient (Wildman–Crippen LogP) is 1.74. The summed E-state index contributed by atoms with van der Waals surface area (Å²) < 4.78 is 34.4. The molecule has 3 unspecified atom stereocenters. The number of halogens is 2. The van der Waals surface area contributed by atoms with Crippen molar-refractivity contribution in [2.75, 3.05) is 26.2 Å². The highest BCUT2D eigenvalue weighted by Gasteiger charge is 2.59. The summed E-state index contributed by atoms with van der Waals surface area (Å²) in [5, 5.41) is 14.8. The number of aromatic nitrogens is 1. The molecule has 1 aliphatic carbocycles. The van der Waals surface area contributed by atoms with Gasteiger partial charge in [-0.2, -0.15) is 0 Å². The molecular weight excluding hydrogens is 418 g/mol. The standard InChI is InChI=1S/C19H22F2N4O4S/c1-2-29-18(28)11-7-23-15(16-22-3-4-30-16)24-13(11)8-25-9-19(20,21)12-5-10(17(26)27)6-14(12)25/h3-4,10,12,14H,2,5-9H2,1H3,(H,23,24)(H,26,27). The van der Waals surface area contributed by atoms with Gasteiger partial charge in [0, 0.05) is 35.8 Å². The highest BCUT2D eigenvalue weighted by atomic mass is 32.1. The van der Waals surface area contributed by atoms with Gasteiger partial charge in [-0.05, 0) is 19.8 Å². The van der Waals surface area contributed by atoms with E-state index in [1.54, 1.807) is 23.4 Å². The van der Waals surface area contributed by atoms with Gasteiger partial charge < -0.3 is 15.2 Å². The van der Waals surface area contributed by atoms with Crippen molar-refractivity contribution in [3.63, 3.8) is 0 Å². The SMILES string of the molecule is CCOC(=O)C1=C(CN2CC(F)(F)C3CC(C(=O)O)CC32)NC(c2nccs2)=NC1. The molecule has 0 aromatic carbocycles. The van der Waals surface area contributed by atoms with E-state index in [-0.39, 0.29) is 38.1 Å². The van der Waals surface area contributed by atoms with Crippen LogP contribution in [0.1, 0.15) is 24.8 Å². The minimum atomic E-state index is -2.97. The Morgan fingerprint density at radius 3 is 2.90 bits per heavy atom. The highest BCUT2D eigenvalue weighted by Crippen LogP contribution is 2.49. The molecule has 0 amide bonds. The van der Waals surface area contributed by atoms with Crippen molar-refractivity contribution >= 4 is 29.1 Å². The summed E-state index contributed by atoms with van der Waals surface area (Å²) in [6.07, 6.45) is 1.77. The Labute approximate surface area is 175 Å². The van der Waals surface area contributed by atoms with E-state index in [1.165, 1.54) is 11.3 Å². The molecule has 1 aromatic rings. The van der Waals surface area contributed by atoms with Crippen LogP contribution < -0.4 is 5.32 Å². The first-order valence-electron chi connectivity index (χ1n) is 9.75. The maximum absolute atomic E-state index is 14.6. The van der Waals surface area contributed by atoms with Gasteiger partial charge in [0.1, 0.15) is 0 Å². The molecule has 30 heavy (non-hydrogen) atoms. The molecule has 0 spiro atoms. The zero-order chi connectivity index (χ0) is 21.5. The third-order valence-corrected chi connectivity index (χ3v) is 6.63. The number of amidine groups is 1. The number of aliphatic imine (C=N–C) groups is 1. The van der Waals surface area contributed by atoms with E-state index in [1.807, 2.05) is 0 Å². The summed E-state index contributed by atoms with van der Waals surface area (Å²) in [5.74, 6) is -5.86. The lowest BCUT2D eigenvalue weighted by atomic mass is 9.99. The summed E-state index contributed by atoms with van der Waals surface area (Å²) in [6, 6.07) is -0.555. The maximum Gasteiger partial charge on any atom is 0.337 e. The fourth-order valence-corrected chi connectivity index (χ4v) is 5.07. The molecule has 162 valence electrons. The number of likely N-dealkylation sites (tertiary alicyclic amines) is 1. The predicted molar refractivity (Wildman–Crippen MR) is 104 cm³/mol. The zero-order valence-electron chi connectivity index (χ0n) is 16.3. The van der Waals surface area contributed by atoms with Gasteiger partial charge in [-0.15, -0.1) is 11.3 Å². The lowest BCUT2D eigenvalue weighted by Crippen LogP contribution is -2.41. The Hall–Kier alpha value is -2.40. The molecule has 2 N–H and O–H groups in total. The summed E-state index contributed by atoms with van der Waals surface area (Å²) >= 11 is 1.37. The molecule has 8 nitrogen and oxygen atoms in total. The number of rotatable bonds is 6. The largest absolute Gasteiger partial charge is 0.481 e. The van der Waals surface area contributed by atoms with E-state index in [0.717, 1.165) is 0 Å². The van der Waals surface area contributed by atoms with E-state index in [4.69, 9.17) is 4.74 Å². The molecule has 3 aliphatic rings. The monoisotopic (exact) mass is 440 g/mol. The summed E-state index contributed by atoms with van der Waals surface area (Å²) in [7, 11) is 0. The summed E-state index contributed by atoms with van der Waals surface area (Å²) in [4.78, 5) is 33.9. The lowest BCUT2D eigenvalue weighted by Gasteiger charge is -2.28. The van der Waals surface area contributed by atoms with Gasteiger partial charge in [0.25, 0.3) is 5.92 Å². The van der Waals surface area contributed by atoms with Crippen LogP contribution in [-0.2, 0) is 14.3 Å². The van der Waals surface area contributed by atoms with E-state index >= 15 is 0 Å². The number of carbonyl (C=O) groups excluding carboxylic acids is 1. The van der Waals surface area contributed by atoms with Crippen molar-refractivity contribution in [2.24, 2.45) is 16.8 Å². The lowest BCUT2D eigenvalue weighted by molar-refractivity contribution is -0.142. The molecule has 3 atom stereocenters. The number of hydrogen-bond donors (Lipinski definition) is 2. The van der Waals surface area contributed by atoms with Crippen LogP contribution in [0.3, 0.4) is 0 Å². The number of carboxylic acids is 1. The van der Waals surface area contributed by atoms with E-state index in [2.05, 4.69) is 15.3 Å². The number of thiazole rings is 1. The van der Waals surface area contributed by atoms with Crippen LogP contribution in [0.5, 0.6) is 0 Å². The van der Waals surface area contributed by atoms with Gasteiger partial charge >= 0.3 is 11.9 Å². The summed E-state index contributed by atoms with van der Waals surface area (Å²) in [5.41, 5.74) is 0.737. The zero-order valence-corrected chi connectivity index (χ0v) is 17.1. The molecule has 2 fully saturated rings. The minimum Gasteiger partial charge on any atom is -0.481 e. The third kappa shape index (κ3) is 3.83. The number of nitrogens with zero attached hydrogens (tertiary/aromatic N) is 3. The van der Waals surface area contributed by atoms with E-state index < -0.39 is 42.3 Å². The van der Waals surface area contributed by atoms with Crippen molar-refractivity contribution in [2.45, 2.75) is 31.7 Å². The number of aliphatic carboxylic acids is 1. The normalized spacial score (nSPS) is 28.1. The van der Waals surface area contributed by atoms with Gasteiger partial charge in [0.2, 0.25) is 0 Å². The van der Waals surface area contributed by atoms with Crippen LogP contribution >= 0.6 is 11.3 Å². The smallest absolute Gasteiger partial charge is 0.337 e. The van der Waals surface area contributed by atoms with Crippen LogP contribution in [-0.4, -0.2) is 71.0 Å². The number of carboxylic acid groups (broad SMARTS) is 1. The molecule has 11 heteroatoms. The van der Waals surface area contributed by atoms with Crippen molar-refractivity contribution < 1.29 is 28.2 Å². The van der Waals surface area contributed by atoms with Crippen LogP contribution in [0.15, 0.2) is 27.8 Å². The number of esters is 1. The second kappa shape index (κ2) is 8.03. The minimum absolute atomic E-state index is 0.0352. The molecule has 1 saturated carbocycles. The number of fused-ring (bicyclic) bond motifs is 1. The molecule has 4 rings (SSSR count). The number of nitrogens with one attached hydrogen (secondary N) is 1. The number of hydrogen-bond acceptors (Lipinski definition) is 8. The highest BCUT2D eigenvalue weighted by molar-refractivity contribution is 7.11. The average Bonchev–Trinajstić information content (AvgIpc) is 3.41. The molecule has 1 saturated heterocycles. The molecule has 2 aliphatic heterocycles.